The van der Waals surface area contributed by atoms with Crippen molar-refractivity contribution >= 4 is 35.8 Å². The Hall–Kier alpha value is -9.90. The summed E-state index contributed by atoms with van der Waals surface area (Å²) in [7, 11) is 0. The second-order valence-corrected chi connectivity index (χ2v) is 13.4. The van der Waals surface area contributed by atoms with Crippen LogP contribution < -0.4 is 28.4 Å². The number of aromatic nitrogens is 12. The Labute approximate surface area is 403 Å². The maximum absolute atomic E-state index is 13.4. The summed E-state index contributed by atoms with van der Waals surface area (Å²) in [6.45, 7) is 8.53. The van der Waals surface area contributed by atoms with Gasteiger partial charge in [-0.25, -0.2) is 28.8 Å². The summed E-state index contributed by atoms with van der Waals surface area (Å²) in [4.78, 5) is 80.2. The lowest BCUT2D eigenvalue weighted by Gasteiger charge is -2.16. The van der Waals surface area contributed by atoms with Crippen molar-refractivity contribution in [1.82, 2.24) is 61.2 Å². The molecule has 0 fully saturated rings. The van der Waals surface area contributed by atoms with Gasteiger partial charge in [0.05, 0.1) is 39.6 Å². The van der Waals surface area contributed by atoms with Crippen molar-refractivity contribution in [3.63, 3.8) is 0 Å². The van der Waals surface area contributed by atoms with Gasteiger partial charge in [-0.15, -0.1) is 0 Å². The van der Waals surface area contributed by atoms with E-state index in [1.807, 2.05) is 0 Å². The lowest BCUT2D eigenvalue weighted by Crippen LogP contribution is -2.14. The van der Waals surface area contributed by atoms with Gasteiger partial charge in [0.25, 0.3) is 0 Å². The summed E-state index contributed by atoms with van der Waals surface area (Å²) >= 11 is 0. The Morgan fingerprint density at radius 1 is 0.278 bits per heavy atom. The Kier molecular flexibility index (Phi) is 15.9. The van der Waals surface area contributed by atoms with E-state index in [4.69, 9.17) is 56.8 Å². The van der Waals surface area contributed by atoms with E-state index in [0.29, 0.717) is 0 Å². The highest BCUT2D eigenvalue weighted by Gasteiger charge is 2.30. The van der Waals surface area contributed by atoms with Crippen LogP contribution in [0.3, 0.4) is 0 Å². The lowest BCUT2D eigenvalue weighted by molar-refractivity contribution is 0.0505. The Balaban J connectivity index is 1.41. The molecule has 22 rings (SSSR count). The molecule has 16 aliphatic heterocycles. The first-order valence-corrected chi connectivity index (χ1v) is 21.2. The van der Waals surface area contributed by atoms with Crippen molar-refractivity contribution in [2.75, 3.05) is 39.6 Å². The summed E-state index contributed by atoms with van der Waals surface area (Å²) in [6.07, 6.45) is 0. The average molecular weight is 997 g/mol. The third kappa shape index (κ3) is 11.7. The van der Waals surface area contributed by atoms with Crippen molar-refractivity contribution in [2.24, 2.45) is 0 Å². The van der Waals surface area contributed by atoms with Gasteiger partial charge in [-0.3, -0.25) is 0 Å². The van der Waals surface area contributed by atoms with Crippen LogP contribution in [0.2, 0.25) is 0 Å². The van der Waals surface area contributed by atoms with Crippen LogP contribution >= 0.6 is 0 Å². The van der Waals surface area contributed by atoms with Crippen molar-refractivity contribution in [1.29, 1.82) is 0 Å². The number of esters is 6. The molecule has 12 bridgehead atoms. The number of ether oxygens (including phenoxy) is 12. The SMILES string of the molecule is CCOC(=O)c1cc2c(C(=O)OCC)cc1Oc1nnc(nn1)Oc1cc(C(=O)OCC)c(cc1C(=O)OCC)Oc1nnc(nn1)Oc1cc(C(=O)OCC)c(cc1C(=O)OCC)Oc1nnc(nn1)O2. The first-order valence-electron chi connectivity index (χ1n) is 21.2. The summed E-state index contributed by atoms with van der Waals surface area (Å²) in [5.41, 5.74) is -2.16. The van der Waals surface area contributed by atoms with Crippen LogP contribution in [0.15, 0.2) is 36.4 Å². The molecular formula is C42H36N12O18. The molecule has 0 unspecified atom stereocenters. The minimum absolute atomic E-state index is 0.110. The van der Waals surface area contributed by atoms with Crippen LogP contribution in [-0.4, -0.2) is 137 Å². The van der Waals surface area contributed by atoms with Crippen molar-refractivity contribution in [2.45, 2.75) is 41.5 Å². The fraction of sp³-hybridized carbons (Fsp3) is 0.286. The molecule has 0 aliphatic carbocycles. The standard InChI is InChI=1S/C42H36N12O18/c1-7-61-31(55)19-13-26-20(32(56)62-8-2)14-25(19)67-37-43-47-39(48-44-37)69-27-15-22(34(58)64-10-4)29(16-21(27)33(57)63-9-3)71-41-51-53-42(54-52-41)72-30-18-23(35(59)65-11-5)28(17-24(30)36(60)66-12-6)70-40-49-45-38(68-26)46-50-40/h13-18H,7-12H2,1-6H3. The molecule has 0 radical (unpaired) electrons. The van der Waals surface area contributed by atoms with Gasteiger partial charge < -0.3 is 56.8 Å². The van der Waals surface area contributed by atoms with E-state index < -0.39 is 71.9 Å². The number of benzene rings is 3. The summed E-state index contributed by atoms with van der Waals surface area (Å²) < 4.78 is 66.0. The Bertz CT molecular complexity index is 2500. The lowest BCUT2D eigenvalue weighted by atomic mass is 10.1. The van der Waals surface area contributed by atoms with Crippen LogP contribution in [-0.2, 0) is 28.4 Å². The van der Waals surface area contributed by atoms with E-state index in [1.54, 1.807) is 0 Å². The van der Waals surface area contributed by atoms with Gasteiger partial charge in [0.15, 0.2) is 0 Å². The third-order valence-electron chi connectivity index (χ3n) is 8.75. The normalized spacial score (nSPS) is 11.4. The maximum atomic E-state index is 13.4. The smallest absolute Gasteiger partial charge is 0.360 e. The molecule has 0 atom stereocenters. The van der Waals surface area contributed by atoms with Crippen LogP contribution in [0, 0.1) is 0 Å². The van der Waals surface area contributed by atoms with Gasteiger partial charge in [-0.05, 0) is 41.5 Å². The molecule has 72 heavy (non-hydrogen) atoms. The van der Waals surface area contributed by atoms with Gasteiger partial charge in [0, 0.05) is 36.4 Å². The van der Waals surface area contributed by atoms with Crippen molar-refractivity contribution < 1.29 is 85.6 Å². The topological polar surface area (TPSA) is 368 Å². The Morgan fingerprint density at radius 3 is 0.514 bits per heavy atom. The van der Waals surface area contributed by atoms with Gasteiger partial charge in [-0.1, -0.05) is 61.2 Å². The number of hydrogen-bond donors (Lipinski definition) is 0. The average Bonchev–Trinajstić information content (AvgIpc) is 3.36. The molecule has 6 aromatic rings. The summed E-state index contributed by atoms with van der Waals surface area (Å²) in [6, 6.07) is 2.54. The highest BCUT2D eigenvalue weighted by atomic mass is 16.6. The first kappa shape index (κ1) is 50.0. The molecular weight excluding hydrogens is 961 g/mol. The molecule has 0 saturated heterocycles. The van der Waals surface area contributed by atoms with E-state index in [-0.39, 0.29) is 108 Å². The van der Waals surface area contributed by atoms with E-state index >= 15 is 0 Å². The van der Waals surface area contributed by atoms with Gasteiger partial charge in [0.1, 0.15) is 67.9 Å². The number of hydrogen-bond acceptors (Lipinski definition) is 30. The maximum Gasteiger partial charge on any atom is 0.360 e. The zero-order valence-electron chi connectivity index (χ0n) is 38.4. The highest BCUT2D eigenvalue weighted by Crippen LogP contribution is 2.38. The van der Waals surface area contributed by atoms with Crippen LogP contribution in [0.4, 0.5) is 0 Å². The van der Waals surface area contributed by atoms with Crippen molar-refractivity contribution in [3.05, 3.63) is 69.8 Å². The van der Waals surface area contributed by atoms with Crippen LogP contribution in [0.5, 0.6) is 70.6 Å². The van der Waals surface area contributed by atoms with Gasteiger partial charge in [-0.2, -0.15) is 0 Å². The molecule has 3 aromatic carbocycles. The number of nitrogens with zero attached hydrogens (tertiary/aromatic N) is 12. The molecule has 0 amide bonds. The quantitative estimate of drug-likeness (QED) is 0.120. The largest absolute Gasteiger partial charge is 0.462 e. The van der Waals surface area contributed by atoms with E-state index in [1.165, 1.54) is 41.5 Å². The number of rotatable bonds is 12. The molecule has 30 nitrogen and oxygen atoms in total. The second-order valence-electron chi connectivity index (χ2n) is 13.4. The number of carbonyl (C=O) groups is 6. The molecule has 16 aliphatic rings. The second kappa shape index (κ2) is 22.9. The zero-order valence-corrected chi connectivity index (χ0v) is 38.4. The Morgan fingerprint density at radius 2 is 0.403 bits per heavy atom. The van der Waals surface area contributed by atoms with Gasteiger partial charge in [0.2, 0.25) is 0 Å². The fourth-order valence-corrected chi connectivity index (χ4v) is 5.86. The predicted octanol–water partition coefficient (Wildman–Crippen LogP) is 4.55. The molecule has 0 saturated carbocycles. The molecule has 0 N–H and O–H groups in total. The minimum atomic E-state index is -0.983. The van der Waals surface area contributed by atoms with Crippen LogP contribution in [0.1, 0.15) is 104 Å². The van der Waals surface area contributed by atoms with E-state index in [0.717, 1.165) is 36.4 Å². The molecule has 0 spiro atoms. The highest BCUT2D eigenvalue weighted by molar-refractivity contribution is 6.00. The van der Waals surface area contributed by atoms with Gasteiger partial charge >= 0.3 is 71.9 Å². The fourth-order valence-electron chi connectivity index (χ4n) is 5.86. The van der Waals surface area contributed by atoms with Crippen LogP contribution in [0.25, 0.3) is 0 Å². The number of carbonyl (C=O) groups excluding carboxylic acids is 6. The minimum Gasteiger partial charge on any atom is -0.462 e. The third-order valence-corrected chi connectivity index (χ3v) is 8.75. The summed E-state index contributed by atoms with van der Waals surface area (Å²) in [5, 5.41) is 46.1. The predicted molar refractivity (Wildman–Crippen MR) is 228 cm³/mol. The molecule has 3 aromatic heterocycles. The first-order chi connectivity index (χ1) is 34.9. The molecule has 30 heteroatoms. The summed E-state index contributed by atoms with van der Waals surface area (Å²) in [5.74, 6) is -8.22. The molecule has 19 heterocycles. The van der Waals surface area contributed by atoms with Crippen molar-refractivity contribution in [3.8, 4) is 70.6 Å². The monoisotopic (exact) mass is 996 g/mol. The van der Waals surface area contributed by atoms with E-state index in [2.05, 4.69) is 61.2 Å². The zero-order chi connectivity index (χ0) is 51.3. The van der Waals surface area contributed by atoms with E-state index in [9.17, 15) is 28.8 Å². The molecule has 372 valence electrons.